The Morgan fingerprint density at radius 3 is 1.97 bits per heavy atom. The number of anilines is 1. The van der Waals surface area contributed by atoms with E-state index < -0.39 is 17.8 Å². The molecule has 1 unspecified atom stereocenters. The van der Waals surface area contributed by atoms with Gasteiger partial charge in [-0.25, -0.2) is 9.59 Å². The second-order valence-electron chi connectivity index (χ2n) is 9.28. The van der Waals surface area contributed by atoms with E-state index in [1.807, 2.05) is 32.9 Å². The second-order valence-corrected chi connectivity index (χ2v) is 9.28. The standard InChI is InChI=1S/C26H35N3O6/c1-18(30)27-20-10-14-21(15-11-20)33-17-16-23(29(7)25(32)35-26(2,3)4)19-8-12-22(13-9-19)34-24(31)28(5)6/h8-15,23H,16-17H2,1-7H3,(H,27,30). The van der Waals surface area contributed by atoms with Gasteiger partial charge in [0.05, 0.1) is 12.6 Å². The summed E-state index contributed by atoms with van der Waals surface area (Å²) in [4.78, 5) is 38.6. The van der Waals surface area contributed by atoms with Gasteiger partial charge in [-0.2, -0.15) is 0 Å². The molecule has 3 amide bonds. The van der Waals surface area contributed by atoms with Gasteiger partial charge in [0.15, 0.2) is 0 Å². The molecule has 0 radical (unpaired) electrons. The molecule has 1 atom stereocenters. The lowest BCUT2D eigenvalue weighted by molar-refractivity contribution is -0.114. The first-order valence-corrected chi connectivity index (χ1v) is 11.3. The Hall–Kier alpha value is -3.75. The maximum Gasteiger partial charge on any atom is 0.414 e. The van der Waals surface area contributed by atoms with Crippen molar-refractivity contribution in [2.24, 2.45) is 0 Å². The van der Waals surface area contributed by atoms with Crippen LogP contribution in [0.4, 0.5) is 15.3 Å². The van der Waals surface area contributed by atoms with Crippen LogP contribution < -0.4 is 14.8 Å². The Labute approximate surface area is 206 Å². The van der Waals surface area contributed by atoms with Crippen LogP contribution in [0.3, 0.4) is 0 Å². The smallest absolute Gasteiger partial charge is 0.414 e. The lowest BCUT2D eigenvalue weighted by Crippen LogP contribution is -2.37. The highest BCUT2D eigenvalue weighted by atomic mass is 16.6. The minimum atomic E-state index is -0.633. The Morgan fingerprint density at radius 1 is 0.886 bits per heavy atom. The van der Waals surface area contributed by atoms with Crippen LogP contribution in [0.15, 0.2) is 48.5 Å². The van der Waals surface area contributed by atoms with E-state index in [2.05, 4.69) is 5.32 Å². The Kier molecular flexibility index (Phi) is 9.50. The number of nitrogens with zero attached hydrogens (tertiary/aromatic N) is 2. The molecule has 2 aromatic carbocycles. The van der Waals surface area contributed by atoms with Crippen molar-refractivity contribution in [2.45, 2.75) is 45.8 Å². The molecule has 0 aliphatic rings. The van der Waals surface area contributed by atoms with Crippen LogP contribution in [-0.4, -0.2) is 61.2 Å². The summed E-state index contributed by atoms with van der Waals surface area (Å²) in [6, 6.07) is 13.7. The second kappa shape index (κ2) is 12.1. The quantitative estimate of drug-likeness (QED) is 0.560. The predicted molar refractivity (Wildman–Crippen MR) is 134 cm³/mol. The fourth-order valence-corrected chi connectivity index (χ4v) is 3.12. The number of benzene rings is 2. The fourth-order valence-electron chi connectivity index (χ4n) is 3.12. The first kappa shape index (κ1) is 27.5. The number of carbonyl (C=O) groups excluding carboxylic acids is 3. The number of hydrogen-bond donors (Lipinski definition) is 1. The average molecular weight is 486 g/mol. The van der Waals surface area contributed by atoms with Gasteiger partial charge in [-0.1, -0.05) is 12.1 Å². The third-order valence-corrected chi connectivity index (χ3v) is 4.82. The summed E-state index contributed by atoms with van der Waals surface area (Å²) in [6.45, 7) is 7.22. The average Bonchev–Trinajstić information content (AvgIpc) is 2.76. The maximum atomic E-state index is 12.8. The highest BCUT2D eigenvalue weighted by Gasteiger charge is 2.26. The van der Waals surface area contributed by atoms with Crippen LogP contribution in [-0.2, 0) is 9.53 Å². The summed E-state index contributed by atoms with van der Waals surface area (Å²) >= 11 is 0. The summed E-state index contributed by atoms with van der Waals surface area (Å²) in [5.74, 6) is 0.902. The zero-order chi connectivity index (χ0) is 26.2. The van der Waals surface area contributed by atoms with E-state index in [4.69, 9.17) is 14.2 Å². The molecule has 190 valence electrons. The van der Waals surface area contributed by atoms with E-state index in [0.29, 0.717) is 30.2 Å². The molecule has 0 fully saturated rings. The van der Waals surface area contributed by atoms with Gasteiger partial charge in [0.1, 0.15) is 17.1 Å². The van der Waals surface area contributed by atoms with Gasteiger partial charge in [-0.3, -0.25) is 4.79 Å². The highest BCUT2D eigenvalue weighted by molar-refractivity contribution is 5.88. The van der Waals surface area contributed by atoms with E-state index in [0.717, 1.165) is 5.56 Å². The van der Waals surface area contributed by atoms with Gasteiger partial charge in [0.2, 0.25) is 5.91 Å². The fraction of sp³-hybridized carbons (Fsp3) is 0.423. The monoisotopic (exact) mass is 485 g/mol. The molecule has 0 saturated heterocycles. The molecule has 0 aliphatic carbocycles. The van der Waals surface area contributed by atoms with Crippen LogP contribution in [0.25, 0.3) is 0 Å². The topological polar surface area (TPSA) is 97.4 Å². The van der Waals surface area contributed by atoms with E-state index in [1.54, 1.807) is 57.5 Å². The largest absolute Gasteiger partial charge is 0.494 e. The Morgan fingerprint density at radius 2 is 1.46 bits per heavy atom. The first-order valence-electron chi connectivity index (χ1n) is 11.3. The molecule has 0 heterocycles. The zero-order valence-electron chi connectivity index (χ0n) is 21.5. The Balaban J connectivity index is 2.13. The molecular formula is C26H35N3O6. The lowest BCUT2D eigenvalue weighted by atomic mass is 10.0. The molecular weight excluding hydrogens is 450 g/mol. The Bertz CT molecular complexity index is 997. The summed E-state index contributed by atoms with van der Waals surface area (Å²) in [6.07, 6.45) is -0.441. The molecule has 1 N–H and O–H groups in total. The van der Waals surface area contributed by atoms with Crippen LogP contribution >= 0.6 is 0 Å². The van der Waals surface area contributed by atoms with Crippen molar-refractivity contribution in [1.29, 1.82) is 0 Å². The third kappa shape index (κ3) is 9.19. The maximum absolute atomic E-state index is 12.8. The van der Waals surface area contributed by atoms with Crippen molar-refractivity contribution >= 4 is 23.8 Å². The van der Waals surface area contributed by atoms with E-state index in [1.165, 1.54) is 16.7 Å². The number of amides is 3. The van der Waals surface area contributed by atoms with Gasteiger partial charge < -0.3 is 29.3 Å². The van der Waals surface area contributed by atoms with Gasteiger partial charge >= 0.3 is 12.2 Å². The molecule has 2 aromatic rings. The van der Waals surface area contributed by atoms with Crippen LogP contribution in [0.2, 0.25) is 0 Å². The summed E-state index contributed by atoms with van der Waals surface area (Å²) in [7, 11) is 4.90. The van der Waals surface area contributed by atoms with Crippen LogP contribution in [0.5, 0.6) is 11.5 Å². The third-order valence-electron chi connectivity index (χ3n) is 4.82. The van der Waals surface area contributed by atoms with E-state index in [9.17, 15) is 14.4 Å². The number of ether oxygens (including phenoxy) is 3. The predicted octanol–water partition coefficient (Wildman–Crippen LogP) is 5.08. The summed E-state index contributed by atoms with van der Waals surface area (Å²) < 4.78 is 16.7. The highest BCUT2D eigenvalue weighted by Crippen LogP contribution is 2.28. The molecule has 2 rings (SSSR count). The molecule has 35 heavy (non-hydrogen) atoms. The van der Waals surface area contributed by atoms with Crippen molar-refractivity contribution in [2.75, 3.05) is 33.1 Å². The molecule has 0 saturated carbocycles. The van der Waals surface area contributed by atoms with Gasteiger partial charge in [0.25, 0.3) is 0 Å². The zero-order valence-corrected chi connectivity index (χ0v) is 21.5. The lowest BCUT2D eigenvalue weighted by Gasteiger charge is -2.31. The molecule has 9 nitrogen and oxygen atoms in total. The number of carbonyl (C=O) groups is 3. The minimum absolute atomic E-state index is 0.144. The summed E-state index contributed by atoms with van der Waals surface area (Å²) in [5, 5.41) is 2.71. The number of nitrogens with one attached hydrogen (secondary N) is 1. The van der Waals surface area contributed by atoms with Crippen molar-refractivity contribution in [1.82, 2.24) is 9.80 Å². The van der Waals surface area contributed by atoms with Crippen molar-refractivity contribution in [3.63, 3.8) is 0 Å². The van der Waals surface area contributed by atoms with Gasteiger partial charge in [-0.05, 0) is 62.7 Å². The van der Waals surface area contributed by atoms with Gasteiger partial charge in [-0.15, -0.1) is 0 Å². The van der Waals surface area contributed by atoms with Crippen LogP contribution in [0, 0.1) is 0 Å². The molecule has 0 aromatic heterocycles. The first-order chi connectivity index (χ1) is 16.4. The molecule has 0 aliphatic heterocycles. The van der Waals surface area contributed by atoms with Crippen molar-refractivity contribution in [3.8, 4) is 11.5 Å². The summed E-state index contributed by atoms with van der Waals surface area (Å²) in [5.41, 5.74) is 0.891. The minimum Gasteiger partial charge on any atom is -0.494 e. The van der Waals surface area contributed by atoms with Crippen LogP contribution in [0.1, 0.15) is 45.7 Å². The van der Waals surface area contributed by atoms with E-state index >= 15 is 0 Å². The van der Waals surface area contributed by atoms with Crippen molar-refractivity contribution in [3.05, 3.63) is 54.1 Å². The SMILES string of the molecule is CC(=O)Nc1ccc(OCCC(c2ccc(OC(=O)N(C)C)cc2)N(C)C(=O)OC(C)(C)C)cc1. The van der Waals surface area contributed by atoms with E-state index in [-0.39, 0.29) is 11.9 Å². The number of rotatable bonds is 8. The molecule has 0 spiro atoms. The normalized spacial score (nSPS) is 11.7. The van der Waals surface area contributed by atoms with Gasteiger partial charge in [0, 0.05) is 40.2 Å². The van der Waals surface area contributed by atoms with Crippen molar-refractivity contribution < 1.29 is 28.6 Å². The number of hydrogen-bond acceptors (Lipinski definition) is 6. The molecule has 9 heteroatoms. The molecule has 0 bridgehead atoms.